The van der Waals surface area contributed by atoms with Crippen LogP contribution in [0.1, 0.15) is 46.5 Å². The minimum absolute atomic E-state index is 0.210. The van der Waals surface area contributed by atoms with E-state index in [2.05, 4.69) is 10.6 Å². The highest BCUT2D eigenvalue weighted by molar-refractivity contribution is 5.83. The van der Waals surface area contributed by atoms with E-state index in [-0.39, 0.29) is 6.10 Å². The number of carbonyl (C=O) groups is 2. The predicted octanol–water partition coefficient (Wildman–Crippen LogP) is 1.74. The lowest BCUT2D eigenvalue weighted by atomic mass is 9.87. The fourth-order valence-electron chi connectivity index (χ4n) is 2.21. The first kappa shape index (κ1) is 16.8. The van der Waals surface area contributed by atoms with Crippen LogP contribution in [0.4, 0.5) is 4.79 Å². The Hall–Kier alpha value is -1.30. The zero-order valence-electron chi connectivity index (χ0n) is 12.6. The van der Waals surface area contributed by atoms with Crippen molar-refractivity contribution in [3.8, 4) is 0 Å². The molecule has 1 aliphatic heterocycles. The SMILES string of the molecule is CC(C)(C)[C@@H](NC(=O)NCCC1CCCCO1)C(=O)O. The van der Waals surface area contributed by atoms with Gasteiger partial charge in [-0.1, -0.05) is 20.8 Å². The van der Waals surface area contributed by atoms with Crippen molar-refractivity contribution in [1.29, 1.82) is 0 Å². The average molecular weight is 286 g/mol. The van der Waals surface area contributed by atoms with Gasteiger partial charge < -0.3 is 20.5 Å². The van der Waals surface area contributed by atoms with Crippen LogP contribution in [0.15, 0.2) is 0 Å². The first-order valence-corrected chi connectivity index (χ1v) is 7.19. The molecule has 0 saturated carbocycles. The minimum atomic E-state index is -1.02. The van der Waals surface area contributed by atoms with Gasteiger partial charge in [0.2, 0.25) is 0 Å². The van der Waals surface area contributed by atoms with E-state index < -0.39 is 23.5 Å². The van der Waals surface area contributed by atoms with Gasteiger partial charge in [-0.05, 0) is 31.1 Å². The molecule has 1 rings (SSSR count). The van der Waals surface area contributed by atoms with Gasteiger partial charge >= 0.3 is 12.0 Å². The number of ether oxygens (including phenoxy) is 1. The van der Waals surface area contributed by atoms with Crippen molar-refractivity contribution < 1.29 is 19.4 Å². The maximum Gasteiger partial charge on any atom is 0.326 e. The van der Waals surface area contributed by atoms with Crippen LogP contribution in [-0.2, 0) is 9.53 Å². The van der Waals surface area contributed by atoms with E-state index in [0.29, 0.717) is 6.54 Å². The molecule has 0 aromatic rings. The fourth-order valence-corrected chi connectivity index (χ4v) is 2.21. The average Bonchev–Trinajstić information content (AvgIpc) is 2.35. The lowest BCUT2D eigenvalue weighted by Gasteiger charge is -2.28. The van der Waals surface area contributed by atoms with Crippen LogP contribution in [0, 0.1) is 5.41 Å². The second kappa shape index (κ2) is 7.47. The summed E-state index contributed by atoms with van der Waals surface area (Å²) in [4.78, 5) is 22.9. The van der Waals surface area contributed by atoms with Gasteiger partial charge in [0.05, 0.1) is 6.10 Å². The molecule has 0 aromatic carbocycles. The summed E-state index contributed by atoms with van der Waals surface area (Å²) in [5.41, 5.74) is -0.532. The zero-order valence-corrected chi connectivity index (χ0v) is 12.6. The van der Waals surface area contributed by atoms with Crippen molar-refractivity contribution in [2.45, 2.75) is 58.6 Å². The third-order valence-electron chi connectivity index (χ3n) is 3.41. The van der Waals surface area contributed by atoms with E-state index in [1.54, 1.807) is 20.8 Å². The van der Waals surface area contributed by atoms with E-state index >= 15 is 0 Å². The zero-order chi connectivity index (χ0) is 15.2. The summed E-state index contributed by atoms with van der Waals surface area (Å²) < 4.78 is 5.57. The third-order valence-corrected chi connectivity index (χ3v) is 3.41. The molecule has 0 bridgehead atoms. The number of urea groups is 1. The molecular formula is C14H26N2O4. The molecule has 0 aliphatic carbocycles. The number of carboxylic acids is 1. The highest BCUT2D eigenvalue weighted by atomic mass is 16.5. The summed E-state index contributed by atoms with van der Waals surface area (Å²) in [6.07, 6.45) is 4.28. The second-order valence-corrected chi connectivity index (χ2v) is 6.31. The van der Waals surface area contributed by atoms with E-state index in [1.165, 1.54) is 6.42 Å². The Labute approximate surface area is 120 Å². The largest absolute Gasteiger partial charge is 0.480 e. The molecule has 3 N–H and O–H groups in total. The Bertz CT molecular complexity index is 333. The van der Waals surface area contributed by atoms with E-state index in [9.17, 15) is 9.59 Å². The standard InChI is InChI=1S/C14H26N2O4/c1-14(2,3)11(12(17)18)16-13(19)15-8-7-10-6-4-5-9-20-10/h10-11H,4-9H2,1-3H3,(H,17,18)(H2,15,16,19)/t10?,11-/m0/s1. The van der Waals surface area contributed by atoms with Crippen LogP contribution in [0.2, 0.25) is 0 Å². The molecule has 2 amide bonds. The summed E-state index contributed by atoms with van der Waals surface area (Å²) in [6, 6.07) is -1.35. The summed E-state index contributed by atoms with van der Waals surface area (Å²) in [6.45, 7) is 6.63. The minimum Gasteiger partial charge on any atom is -0.480 e. The van der Waals surface area contributed by atoms with E-state index in [0.717, 1.165) is 25.9 Å². The Morgan fingerprint density at radius 2 is 2.05 bits per heavy atom. The van der Waals surface area contributed by atoms with Crippen LogP contribution >= 0.6 is 0 Å². The number of rotatable bonds is 5. The maximum atomic E-state index is 11.7. The van der Waals surface area contributed by atoms with Gasteiger partial charge in [-0.25, -0.2) is 9.59 Å². The topological polar surface area (TPSA) is 87.7 Å². The van der Waals surface area contributed by atoms with E-state index in [1.807, 2.05) is 0 Å². The molecule has 116 valence electrons. The quantitative estimate of drug-likeness (QED) is 0.718. The van der Waals surface area contributed by atoms with Crippen molar-refractivity contribution in [1.82, 2.24) is 10.6 Å². The molecular weight excluding hydrogens is 260 g/mol. The van der Waals surface area contributed by atoms with Crippen molar-refractivity contribution in [3.63, 3.8) is 0 Å². The number of amides is 2. The predicted molar refractivity (Wildman–Crippen MR) is 75.6 cm³/mol. The van der Waals surface area contributed by atoms with Crippen LogP contribution in [-0.4, -0.2) is 42.4 Å². The van der Waals surface area contributed by atoms with Crippen molar-refractivity contribution in [2.75, 3.05) is 13.2 Å². The molecule has 2 atom stereocenters. The summed E-state index contributed by atoms with van der Waals surface area (Å²) >= 11 is 0. The smallest absolute Gasteiger partial charge is 0.326 e. The highest BCUT2D eigenvalue weighted by Crippen LogP contribution is 2.19. The summed E-state index contributed by atoms with van der Waals surface area (Å²) in [7, 11) is 0. The Kier molecular flexibility index (Phi) is 6.26. The van der Waals surface area contributed by atoms with Crippen LogP contribution in [0.5, 0.6) is 0 Å². The Morgan fingerprint density at radius 3 is 2.55 bits per heavy atom. The first-order chi connectivity index (χ1) is 9.30. The van der Waals surface area contributed by atoms with Crippen molar-refractivity contribution >= 4 is 12.0 Å². The normalized spacial score (nSPS) is 21.1. The monoisotopic (exact) mass is 286 g/mol. The summed E-state index contributed by atoms with van der Waals surface area (Å²) in [5.74, 6) is -1.02. The molecule has 6 heteroatoms. The number of carboxylic acid groups (broad SMARTS) is 1. The molecule has 1 saturated heterocycles. The van der Waals surface area contributed by atoms with Gasteiger partial charge in [0.1, 0.15) is 6.04 Å². The van der Waals surface area contributed by atoms with E-state index in [4.69, 9.17) is 9.84 Å². The lowest BCUT2D eigenvalue weighted by molar-refractivity contribution is -0.141. The maximum absolute atomic E-state index is 11.7. The number of aliphatic carboxylic acids is 1. The number of hydrogen-bond donors (Lipinski definition) is 3. The lowest BCUT2D eigenvalue weighted by Crippen LogP contribution is -2.52. The Morgan fingerprint density at radius 1 is 1.35 bits per heavy atom. The summed E-state index contributed by atoms with van der Waals surface area (Å²) in [5, 5.41) is 14.3. The Balaban J connectivity index is 2.29. The van der Waals surface area contributed by atoms with Gasteiger partial charge in [0, 0.05) is 13.2 Å². The van der Waals surface area contributed by atoms with Crippen molar-refractivity contribution in [3.05, 3.63) is 0 Å². The van der Waals surface area contributed by atoms with Gasteiger partial charge in [-0.2, -0.15) is 0 Å². The fraction of sp³-hybridized carbons (Fsp3) is 0.857. The molecule has 6 nitrogen and oxygen atoms in total. The van der Waals surface area contributed by atoms with Gasteiger partial charge in [-0.3, -0.25) is 0 Å². The molecule has 1 fully saturated rings. The van der Waals surface area contributed by atoms with Gasteiger partial charge in [0.25, 0.3) is 0 Å². The molecule has 0 aromatic heterocycles. The molecule has 1 aliphatic rings. The third kappa shape index (κ3) is 5.77. The number of hydrogen-bond acceptors (Lipinski definition) is 3. The van der Waals surface area contributed by atoms with Gasteiger partial charge in [-0.15, -0.1) is 0 Å². The number of carbonyl (C=O) groups excluding carboxylic acids is 1. The molecule has 1 heterocycles. The molecule has 1 unspecified atom stereocenters. The highest BCUT2D eigenvalue weighted by Gasteiger charge is 2.32. The van der Waals surface area contributed by atoms with Crippen LogP contribution < -0.4 is 10.6 Å². The van der Waals surface area contributed by atoms with Crippen LogP contribution in [0.25, 0.3) is 0 Å². The van der Waals surface area contributed by atoms with Gasteiger partial charge in [0.15, 0.2) is 0 Å². The van der Waals surface area contributed by atoms with Crippen LogP contribution in [0.3, 0.4) is 0 Å². The second-order valence-electron chi connectivity index (χ2n) is 6.31. The molecule has 0 radical (unpaired) electrons. The van der Waals surface area contributed by atoms with Crippen molar-refractivity contribution in [2.24, 2.45) is 5.41 Å². The molecule has 0 spiro atoms. The molecule has 20 heavy (non-hydrogen) atoms. The first-order valence-electron chi connectivity index (χ1n) is 7.19. The number of nitrogens with one attached hydrogen (secondary N) is 2.